The quantitative estimate of drug-likeness (QED) is 0.654. The van der Waals surface area contributed by atoms with Crippen LogP contribution in [0.4, 0.5) is 24.5 Å². The van der Waals surface area contributed by atoms with Crippen molar-refractivity contribution in [2.45, 2.75) is 19.5 Å². The molecule has 104 valence electrons. The number of hydrogen-bond donors (Lipinski definition) is 2. The van der Waals surface area contributed by atoms with Crippen molar-refractivity contribution in [2.75, 3.05) is 5.43 Å². The summed E-state index contributed by atoms with van der Waals surface area (Å²) in [7, 11) is 0. The van der Waals surface area contributed by atoms with Gasteiger partial charge in [-0.3, -0.25) is 25.8 Å². The normalized spacial score (nSPS) is 10.9. The summed E-state index contributed by atoms with van der Waals surface area (Å²) in [4.78, 5) is 20.7. The Morgan fingerprint density at radius 2 is 2.05 bits per heavy atom. The van der Waals surface area contributed by atoms with Gasteiger partial charge in [-0.15, -0.1) is 0 Å². The zero-order valence-corrected chi connectivity index (χ0v) is 9.75. The first-order valence-corrected chi connectivity index (χ1v) is 5.16. The van der Waals surface area contributed by atoms with Crippen molar-refractivity contribution in [3.63, 3.8) is 0 Å². The average Bonchev–Trinajstić information content (AvgIpc) is 2.34. The first-order valence-electron chi connectivity index (χ1n) is 5.16. The van der Waals surface area contributed by atoms with E-state index in [9.17, 15) is 28.1 Å². The molecule has 1 amide bonds. The lowest BCUT2D eigenvalue weighted by atomic mass is 10.1. The predicted molar refractivity (Wildman–Crippen MR) is 60.2 cm³/mol. The van der Waals surface area contributed by atoms with Gasteiger partial charge in [-0.05, 0) is 12.1 Å². The summed E-state index contributed by atoms with van der Waals surface area (Å²) in [6, 6.07) is 1.98. The smallest absolute Gasteiger partial charge is 0.292 e. The SMILES string of the molecule is CCC(=O)NNc1ccc(C(F)(F)F)cc1[N+](=O)[O-]. The number of halogens is 3. The van der Waals surface area contributed by atoms with E-state index in [4.69, 9.17) is 0 Å². The van der Waals surface area contributed by atoms with E-state index in [1.54, 1.807) is 6.92 Å². The van der Waals surface area contributed by atoms with E-state index in [1.807, 2.05) is 0 Å². The number of nitro benzene ring substituents is 1. The van der Waals surface area contributed by atoms with Gasteiger partial charge in [0.25, 0.3) is 5.69 Å². The summed E-state index contributed by atoms with van der Waals surface area (Å²) < 4.78 is 37.3. The number of nitrogens with zero attached hydrogens (tertiary/aromatic N) is 1. The number of benzene rings is 1. The lowest BCUT2D eigenvalue weighted by molar-refractivity contribution is -0.384. The van der Waals surface area contributed by atoms with Gasteiger partial charge >= 0.3 is 6.18 Å². The summed E-state index contributed by atoms with van der Waals surface area (Å²) in [6.45, 7) is 1.55. The van der Waals surface area contributed by atoms with Crippen LogP contribution in [0.5, 0.6) is 0 Å². The third kappa shape index (κ3) is 3.83. The van der Waals surface area contributed by atoms with E-state index in [2.05, 4.69) is 10.9 Å². The van der Waals surface area contributed by atoms with Gasteiger partial charge in [0.05, 0.1) is 10.5 Å². The molecule has 0 heterocycles. The van der Waals surface area contributed by atoms with E-state index in [0.717, 1.165) is 6.07 Å². The molecule has 1 rings (SSSR count). The minimum Gasteiger partial charge on any atom is -0.292 e. The van der Waals surface area contributed by atoms with Crippen molar-refractivity contribution in [3.05, 3.63) is 33.9 Å². The summed E-state index contributed by atoms with van der Waals surface area (Å²) in [5.41, 5.74) is 2.22. The second-order valence-corrected chi connectivity index (χ2v) is 3.51. The number of rotatable bonds is 4. The molecule has 0 unspecified atom stereocenters. The summed E-state index contributed by atoms with van der Waals surface area (Å²) in [6.07, 6.45) is -4.54. The van der Waals surface area contributed by atoms with Crippen LogP contribution in [-0.2, 0) is 11.0 Å². The standard InChI is InChI=1S/C10H10F3N3O3/c1-2-9(17)15-14-7-4-3-6(10(11,12)13)5-8(7)16(18)19/h3-5,14H,2H2,1H3,(H,15,17). The zero-order chi connectivity index (χ0) is 14.6. The number of alkyl halides is 3. The maximum absolute atomic E-state index is 12.4. The van der Waals surface area contributed by atoms with Crippen LogP contribution < -0.4 is 10.9 Å². The van der Waals surface area contributed by atoms with Crippen LogP contribution in [0.3, 0.4) is 0 Å². The molecule has 0 fully saturated rings. The van der Waals surface area contributed by atoms with Gasteiger partial charge in [-0.1, -0.05) is 6.92 Å². The van der Waals surface area contributed by atoms with Gasteiger partial charge < -0.3 is 0 Å². The number of anilines is 1. The first-order chi connectivity index (χ1) is 8.75. The third-order valence-electron chi connectivity index (χ3n) is 2.18. The Bertz CT molecular complexity index is 503. The fraction of sp³-hybridized carbons (Fsp3) is 0.300. The molecule has 0 aliphatic carbocycles. The molecule has 1 aromatic rings. The molecule has 0 radical (unpaired) electrons. The molecular weight excluding hydrogens is 267 g/mol. The molecule has 0 aliphatic rings. The molecule has 0 atom stereocenters. The van der Waals surface area contributed by atoms with Crippen LogP contribution in [-0.4, -0.2) is 10.8 Å². The van der Waals surface area contributed by atoms with E-state index in [1.165, 1.54) is 0 Å². The van der Waals surface area contributed by atoms with Gasteiger partial charge in [-0.2, -0.15) is 13.2 Å². The van der Waals surface area contributed by atoms with Crippen molar-refractivity contribution < 1.29 is 22.9 Å². The van der Waals surface area contributed by atoms with Gasteiger partial charge in [0.1, 0.15) is 5.69 Å². The van der Waals surface area contributed by atoms with E-state index < -0.39 is 28.3 Å². The second kappa shape index (κ2) is 5.55. The highest BCUT2D eigenvalue weighted by Crippen LogP contribution is 2.34. The Labute approximate surface area is 105 Å². The highest BCUT2D eigenvalue weighted by atomic mass is 19.4. The van der Waals surface area contributed by atoms with Crippen molar-refractivity contribution in [1.82, 2.24) is 5.43 Å². The molecule has 1 aromatic carbocycles. The third-order valence-corrected chi connectivity index (χ3v) is 2.18. The molecule has 0 bridgehead atoms. The Balaban J connectivity index is 3.05. The van der Waals surface area contributed by atoms with Crippen LogP contribution in [0.2, 0.25) is 0 Å². The first kappa shape index (κ1) is 14.7. The van der Waals surface area contributed by atoms with Crippen LogP contribution in [0.1, 0.15) is 18.9 Å². The van der Waals surface area contributed by atoms with E-state index in [-0.39, 0.29) is 12.1 Å². The molecule has 0 saturated carbocycles. The number of carbonyl (C=O) groups is 1. The highest BCUT2D eigenvalue weighted by Gasteiger charge is 2.33. The topological polar surface area (TPSA) is 84.3 Å². The minimum atomic E-state index is -4.67. The van der Waals surface area contributed by atoms with Crippen molar-refractivity contribution in [1.29, 1.82) is 0 Å². The Morgan fingerprint density at radius 1 is 1.42 bits per heavy atom. The summed E-state index contributed by atoms with van der Waals surface area (Å²) in [5.74, 6) is -0.450. The summed E-state index contributed by atoms with van der Waals surface area (Å²) >= 11 is 0. The zero-order valence-electron chi connectivity index (χ0n) is 9.75. The molecule has 19 heavy (non-hydrogen) atoms. The van der Waals surface area contributed by atoms with Crippen LogP contribution in [0.25, 0.3) is 0 Å². The van der Waals surface area contributed by atoms with Crippen LogP contribution in [0.15, 0.2) is 18.2 Å². The van der Waals surface area contributed by atoms with Crippen molar-refractivity contribution in [2.24, 2.45) is 0 Å². The monoisotopic (exact) mass is 277 g/mol. The average molecular weight is 277 g/mol. The van der Waals surface area contributed by atoms with Crippen LogP contribution in [0, 0.1) is 10.1 Å². The van der Waals surface area contributed by atoms with E-state index in [0.29, 0.717) is 12.1 Å². The highest BCUT2D eigenvalue weighted by molar-refractivity contribution is 5.78. The lowest BCUT2D eigenvalue weighted by Crippen LogP contribution is -2.28. The maximum atomic E-state index is 12.4. The molecule has 6 nitrogen and oxygen atoms in total. The molecule has 0 spiro atoms. The molecule has 0 aromatic heterocycles. The molecule has 2 N–H and O–H groups in total. The number of nitrogens with one attached hydrogen (secondary N) is 2. The number of nitro groups is 1. The van der Waals surface area contributed by atoms with Crippen molar-refractivity contribution in [3.8, 4) is 0 Å². The Morgan fingerprint density at radius 3 is 2.53 bits per heavy atom. The summed E-state index contributed by atoms with van der Waals surface area (Å²) in [5, 5.41) is 10.7. The van der Waals surface area contributed by atoms with E-state index >= 15 is 0 Å². The molecular formula is C10H10F3N3O3. The maximum Gasteiger partial charge on any atom is 0.416 e. The fourth-order valence-electron chi connectivity index (χ4n) is 1.19. The Hall–Kier alpha value is -2.32. The lowest BCUT2D eigenvalue weighted by Gasteiger charge is -2.10. The largest absolute Gasteiger partial charge is 0.416 e. The molecule has 0 aliphatic heterocycles. The minimum absolute atomic E-state index is 0.126. The number of amides is 1. The van der Waals surface area contributed by atoms with Gasteiger partial charge in [0.15, 0.2) is 0 Å². The predicted octanol–water partition coefficient (Wildman–Crippen LogP) is 2.47. The van der Waals surface area contributed by atoms with Crippen LogP contribution >= 0.6 is 0 Å². The number of hydrazine groups is 1. The Kier molecular flexibility index (Phi) is 4.30. The van der Waals surface area contributed by atoms with Gasteiger partial charge in [0.2, 0.25) is 5.91 Å². The number of carbonyl (C=O) groups excluding carboxylic acids is 1. The molecule has 0 saturated heterocycles. The van der Waals surface area contributed by atoms with Crippen molar-refractivity contribution >= 4 is 17.3 Å². The number of hydrogen-bond acceptors (Lipinski definition) is 4. The van der Waals surface area contributed by atoms with Gasteiger partial charge in [0, 0.05) is 12.5 Å². The second-order valence-electron chi connectivity index (χ2n) is 3.51. The van der Waals surface area contributed by atoms with Gasteiger partial charge in [-0.25, -0.2) is 0 Å². The fourth-order valence-corrected chi connectivity index (χ4v) is 1.19. The molecule has 9 heteroatoms.